The van der Waals surface area contributed by atoms with E-state index in [-0.39, 0.29) is 30.2 Å². The summed E-state index contributed by atoms with van der Waals surface area (Å²) in [6.45, 7) is 6.32. The number of carbonyl (C=O) groups excluding carboxylic acids is 4. The van der Waals surface area contributed by atoms with Gasteiger partial charge >= 0.3 is 6.03 Å². The number of rotatable bonds is 11. The lowest BCUT2D eigenvalue weighted by atomic mass is 10.0. The number of urea groups is 1. The first kappa shape index (κ1) is 20.3. The Hall–Kier alpha value is -1.72. The third kappa shape index (κ3) is 9.26. The molecule has 0 aromatic rings. The summed E-state index contributed by atoms with van der Waals surface area (Å²) in [6.07, 6.45) is 4.00. The molecule has 0 saturated carbocycles. The number of carbonyl (C=O) groups is 4. The van der Waals surface area contributed by atoms with Gasteiger partial charge in [0.1, 0.15) is 5.78 Å². The molecule has 0 bridgehead atoms. The van der Waals surface area contributed by atoms with Crippen molar-refractivity contribution >= 4 is 23.4 Å². The van der Waals surface area contributed by atoms with Gasteiger partial charge in [0.05, 0.1) is 12.1 Å². The SMILES string of the molecule is CCCCC[C@H](NC(=O)N[C@@H](CCC(C)=O)C(C)=O)C(C)=O. The van der Waals surface area contributed by atoms with E-state index in [1.54, 1.807) is 0 Å². The van der Waals surface area contributed by atoms with Gasteiger partial charge in [0.25, 0.3) is 0 Å². The van der Waals surface area contributed by atoms with Crippen LogP contribution >= 0.6 is 0 Å². The van der Waals surface area contributed by atoms with Crippen molar-refractivity contribution < 1.29 is 19.2 Å². The molecule has 0 aromatic carbocycles. The summed E-state index contributed by atoms with van der Waals surface area (Å²) in [5.74, 6) is -0.342. The summed E-state index contributed by atoms with van der Waals surface area (Å²) in [4.78, 5) is 46.0. The molecule has 0 aliphatic rings. The summed E-state index contributed by atoms with van der Waals surface area (Å²) in [6, 6.07) is -1.78. The molecule has 0 heterocycles. The predicted octanol–water partition coefficient (Wildman–Crippen LogP) is 2.15. The number of amides is 2. The molecule has 0 unspecified atom stereocenters. The van der Waals surface area contributed by atoms with Gasteiger partial charge < -0.3 is 15.4 Å². The highest BCUT2D eigenvalue weighted by molar-refractivity contribution is 5.90. The van der Waals surface area contributed by atoms with Gasteiger partial charge in [-0.15, -0.1) is 0 Å². The van der Waals surface area contributed by atoms with Gasteiger partial charge in [-0.3, -0.25) is 9.59 Å². The van der Waals surface area contributed by atoms with Crippen LogP contribution in [-0.2, 0) is 14.4 Å². The Morgan fingerprint density at radius 1 is 0.818 bits per heavy atom. The molecule has 0 fully saturated rings. The molecule has 0 aliphatic carbocycles. The maximum Gasteiger partial charge on any atom is 0.315 e. The molecule has 2 atom stereocenters. The number of Topliss-reactive ketones (excluding diaryl/α,β-unsaturated/α-hetero) is 3. The topological polar surface area (TPSA) is 92.3 Å². The molecule has 2 amide bonds. The lowest BCUT2D eigenvalue weighted by molar-refractivity contribution is -0.120. The van der Waals surface area contributed by atoms with Gasteiger partial charge in [-0.2, -0.15) is 0 Å². The normalized spacial score (nSPS) is 13.1. The lowest BCUT2D eigenvalue weighted by Gasteiger charge is -2.20. The van der Waals surface area contributed by atoms with Crippen molar-refractivity contribution in [2.24, 2.45) is 0 Å². The summed E-state index contributed by atoms with van der Waals surface area (Å²) >= 11 is 0. The zero-order valence-electron chi connectivity index (χ0n) is 14.0. The van der Waals surface area contributed by atoms with Crippen LogP contribution < -0.4 is 10.6 Å². The van der Waals surface area contributed by atoms with E-state index in [1.165, 1.54) is 20.8 Å². The van der Waals surface area contributed by atoms with E-state index < -0.39 is 18.1 Å². The molecule has 2 N–H and O–H groups in total. The standard InChI is InChI=1S/C16H28N2O4/c1-5-6-7-8-14(12(3)20)17-16(22)18-15(13(4)21)10-9-11(2)19/h14-15H,5-10H2,1-4H3,(H2,17,18,22)/t14-,15-/m0/s1. The third-order valence-corrected chi connectivity index (χ3v) is 3.47. The van der Waals surface area contributed by atoms with Gasteiger partial charge in [-0.1, -0.05) is 26.2 Å². The number of hydrogen-bond donors (Lipinski definition) is 2. The molecule has 0 radical (unpaired) electrons. The predicted molar refractivity (Wildman–Crippen MR) is 84.7 cm³/mol. The maximum atomic E-state index is 11.9. The van der Waals surface area contributed by atoms with E-state index in [0.717, 1.165) is 19.3 Å². The summed E-state index contributed by atoms with van der Waals surface area (Å²) in [5.41, 5.74) is 0. The molecule has 126 valence electrons. The Bertz CT molecular complexity index is 407. The van der Waals surface area contributed by atoms with E-state index >= 15 is 0 Å². The van der Waals surface area contributed by atoms with Crippen LogP contribution in [-0.4, -0.2) is 35.5 Å². The van der Waals surface area contributed by atoms with E-state index in [0.29, 0.717) is 6.42 Å². The smallest absolute Gasteiger partial charge is 0.315 e. The highest BCUT2D eigenvalue weighted by Crippen LogP contribution is 2.05. The van der Waals surface area contributed by atoms with E-state index in [1.807, 2.05) is 0 Å². The fourth-order valence-corrected chi connectivity index (χ4v) is 2.06. The second-order valence-corrected chi connectivity index (χ2v) is 5.68. The highest BCUT2D eigenvalue weighted by Gasteiger charge is 2.21. The fraction of sp³-hybridized carbons (Fsp3) is 0.750. The molecule has 22 heavy (non-hydrogen) atoms. The molecule has 0 spiro atoms. The van der Waals surface area contributed by atoms with Crippen LogP contribution in [0.15, 0.2) is 0 Å². The van der Waals surface area contributed by atoms with Gasteiger partial charge in [-0.25, -0.2) is 4.79 Å². The molecule has 6 nitrogen and oxygen atoms in total. The van der Waals surface area contributed by atoms with Gasteiger partial charge in [-0.05, 0) is 33.6 Å². The van der Waals surface area contributed by atoms with Gasteiger partial charge in [0.15, 0.2) is 11.6 Å². The monoisotopic (exact) mass is 312 g/mol. The second-order valence-electron chi connectivity index (χ2n) is 5.68. The van der Waals surface area contributed by atoms with E-state index in [9.17, 15) is 19.2 Å². The van der Waals surface area contributed by atoms with Crippen LogP contribution in [0, 0.1) is 0 Å². The molecular formula is C16H28N2O4. The zero-order valence-corrected chi connectivity index (χ0v) is 14.0. The minimum atomic E-state index is -0.702. The van der Waals surface area contributed by atoms with Crippen LogP contribution in [0.25, 0.3) is 0 Å². The highest BCUT2D eigenvalue weighted by atomic mass is 16.2. The van der Waals surface area contributed by atoms with Crippen molar-refractivity contribution in [1.29, 1.82) is 0 Å². The largest absolute Gasteiger partial charge is 0.328 e. The Labute approximate surface area is 132 Å². The number of hydrogen-bond acceptors (Lipinski definition) is 4. The minimum Gasteiger partial charge on any atom is -0.328 e. The molecule has 0 saturated heterocycles. The van der Waals surface area contributed by atoms with Crippen molar-refractivity contribution in [2.75, 3.05) is 0 Å². The summed E-state index contributed by atoms with van der Waals surface area (Å²) in [7, 11) is 0. The van der Waals surface area contributed by atoms with E-state index in [2.05, 4.69) is 17.6 Å². The van der Waals surface area contributed by atoms with Gasteiger partial charge in [0.2, 0.25) is 0 Å². The second kappa shape index (κ2) is 10.9. The van der Waals surface area contributed by atoms with Gasteiger partial charge in [0, 0.05) is 6.42 Å². The number of nitrogens with one attached hydrogen (secondary N) is 2. The molecule has 0 rings (SSSR count). The Kier molecular flexibility index (Phi) is 10.1. The summed E-state index contributed by atoms with van der Waals surface area (Å²) < 4.78 is 0. The van der Waals surface area contributed by atoms with Crippen LogP contribution in [0.1, 0.15) is 66.2 Å². The lowest BCUT2D eigenvalue weighted by Crippen LogP contribution is -2.50. The van der Waals surface area contributed by atoms with Crippen LogP contribution in [0.4, 0.5) is 4.79 Å². The molecule has 0 aliphatic heterocycles. The van der Waals surface area contributed by atoms with Crippen molar-refractivity contribution in [3.63, 3.8) is 0 Å². The van der Waals surface area contributed by atoms with Crippen molar-refractivity contribution in [3.05, 3.63) is 0 Å². The number of unbranched alkanes of at least 4 members (excludes halogenated alkanes) is 2. The van der Waals surface area contributed by atoms with E-state index in [4.69, 9.17) is 0 Å². The zero-order chi connectivity index (χ0) is 17.1. The quantitative estimate of drug-likeness (QED) is 0.572. The molecule has 6 heteroatoms. The number of ketones is 3. The molecular weight excluding hydrogens is 284 g/mol. The first-order valence-corrected chi connectivity index (χ1v) is 7.85. The van der Waals surface area contributed by atoms with Crippen molar-refractivity contribution in [3.8, 4) is 0 Å². The summed E-state index contributed by atoms with van der Waals surface area (Å²) in [5, 5.41) is 5.16. The fourth-order valence-electron chi connectivity index (χ4n) is 2.06. The first-order valence-electron chi connectivity index (χ1n) is 7.85. The average molecular weight is 312 g/mol. The van der Waals surface area contributed by atoms with Crippen molar-refractivity contribution in [2.45, 2.75) is 78.3 Å². The minimum absolute atomic E-state index is 0.0327. The maximum absolute atomic E-state index is 11.9. The molecule has 0 aromatic heterocycles. The first-order chi connectivity index (χ1) is 10.3. The van der Waals surface area contributed by atoms with Crippen LogP contribution in [0.2, 0.25) is 0 Å². The third-order valence-electron chi connectivity index (χ3n) is 3.47. The van der Waals surface area contributed by atoms with Crippen LogP contribution in [0.3, 0.4) is 0 Å². The average Bonchev–Trinajstić information content (AvgIpc) is 2.41. The van der Waals surface area contributed by atoms with Crippen LogP contribution in [0.5, 0.6) is 0 Å². The Morgan fingerprint density at radius 2 is 1.32 bits per heavy atom. The Morgan fingerprint density at radius 3 is 1.73 bits per heavy atom. The van der Waals surface area contributed by atoms with Crippen molar-refractivity contribution in [1.82, 2.24) is 10.6 Å². The Balaban J connectivity index is 4.47.